The summed E-state index contributed by atoms with van der Waals surface area (Å²) in [5.41, 5.74) is 2.44. The maximum atomic E-state index is 11.9. The van der Waals surface area contributed by atoms with Crippen molar-refractivity contribution in [2.45, 2.75) is 37.6 Å². The van der Waals surface area contributed by atoms with E-state index in [1.165, 1.54) is 12.5 Å². The molecule has 1 unspecified atom stereocenters. The van der Waals surface area contributed by atoms with E-state index in [4.69, 9.17) is 0 Å². The van der Waals surface area contributed by atoms with Crippen molar-refractivity contribution in [2.24, 2.45) is 0 Å². The predicted octanol–water partition coefficient (Wildman–Crippen LogP) is 1.56. The van der Waals surface area contributed by atoms with Crippen LogP contribution in [0.3, 0.4) is 0 Å². The van der Waals surface area contributed by atoms with Gasteiger partial charge in [-0.1, -0.05) is 0 Å². The van der Waals surface area contributed by atoms with E-state index >= 15 is 0 Å². The standard InChI is InChI=1S/C14H19N5O2S/c1-9-7-10(2)17-14(16-9)19-6-4-5-11(19)13-12(8-15-18-13)22(3,20)21/h7-8,11H,4-6H2,1-3H3,(H,15,18). The van der Waals surface area contributed by atoms with E-state index < -0.39 is 9.84 Å². The fourth-order valence-electron chi connectivity index (χ4n) is 2.96. The molecular weight excluding hydrogens is 302 g/mol. The number of H-pyrrole nitrogens is 1. The van der Waals surface area contributed by atoms with E-state index in [1.54, 1.807) is 0 Å². The van der Waals surface area contributed by atoms with Crippen LogP contribution in [0.4, 0.5) is 5.95 Å². The highest BCUT2D eigenvalue weighted by Gasteiger charge is 2.33. The topological polar surface area (TPSA) is 91.8 Å². The Labute approximate surface area is 129 Å². The number of nitrogens with one attached hydrogen (secondary N) is 1. The number of nitrogens with zero attached hydrogens (tertiary/aromatic N) is 4. The van der Waals surface area contributed by atoms with Crippen LogP contribution in [-0.4, -0.2) is 41.4 Å². The third kappa shape index (κ3) is 2.70. The number of aromatic amines is 1. The van der Waals surface area contributed by atoms with Crippen LogP contribution in [0.5, 0.6) is 0 Å². The smallest absolute Gasteiger partial charge is 0.226 e. The largest absolute Gasteiger partial charge is 0.332 e. The Kier molecular flexibility index (Phi) is 3.64. The molecule has 22 heavy (non-hydrogen) atoms. The first-order valence-corrected chi connectivity index (χ1v) is 9.07. The van der Waals surface area contributed by atoms with Crippen LogP contribution in [0.1, 0.15) is 36.0 Å². The van der Waals surface area contributed by atoms with E-state index in [0.717, 1.165) is 30.8 Å². The molecule has 118 valence electrons. The second-order valence-corrected chi connectivity index (χ2v) is 7.71. The lowest BCUT2D eigenvalue weighted by Crippen LogP contribution is -2.26. The summed E-state index contributed by atoms with van der Waals surface area (Å²) in [5, 5.41) is 6.78. The van der Waals surface area contributed by atoms with Gasteiger partial charge in [0.15, 0.2) is 9.84 Å². The van der Waals surface area contributed by atoms with Crippen LogP contribution < -0.4 is 4.90 Å². The molecule has 0 aliphatic carbocycles. The van der Waals surface area contributed by atoms with Gasteiger partial charge in [0.25, 0.3) is 0 Å². The maximum absolute atomic E-state index is 11.9. The van der Waals surface area contributed by atoms with Crippen LogP contribution in [-0.2, 0) is 9.84 Å². The molecule has 3 rings (SSSR count). The molecule has 7 nitrogen and oxygen atoms in total. The van der Waals surface area contributed by atoms with Crippen LogP contribution in [0.25, 0.3) is 0 Å². The van der Waals surface area contributed by atoms with Crippen molar-refractivity contribution in [3.63, 3.8) is 0 Å². The molecule has 0 aromatic carbocycles. The quantitative estimate of drug-likeness (QED) is 0.922. The number of aryl methyl sites for hydroxylation is 2. The fraction of sp³-hybridized carbons (Fsp3) is 0.500. The molecule has 0 amide bonds. The number of aromatic nitrogens is 4. The summed E-state index contributed by atoms with van der Waals surface area (Å²) < 4.78 is 23.8. The second-order valence-electron chi connectivity index (χ2n) is 5.72. The van der Waals surface area contributed by atoms with Crippen molar-refractivity contribution in [1.82, 2.24) is 20.2 Å². The third-order valence-corrected chi connectivity index (χ3v) is 4.97. The monoisotopic (exact) mass is 321 g/mol. The van der Waals surface area contributed by atoms with Crippen LogP contribution in [0.15, 0.2) is 17.2 Å². The molecule has 1 saturated heterocycles. The summed E-state index contributed by atoms with van der Waals surface area (Å²) >= 11 is 0. The van der Waals surface area contributed by atoms with Crippen molar-refractivity contribution in [2.75, 3.05) is 17.7 Å². The highest BCUT2D eigenvalue weighted by molar-refractivity contribution is 7.90. The first-order chi connectivity index (χ1) is 10.4. The van der Waals surface area contributed by atoms with E-state index in [0.29, 0.717) is 11.6 Å². The number of anilines is 1. The SMILES string of the molecule is Cc1cc(C)nc(N2CCCC2c2[nH]ncc2S(C)(=O)=O)n1. The fourth-order valence-corrected chi connectivity index (χ4v) is 3.79. The Morgan fingerprint density at radius 1 is 1.27 bits per heavy atom. The second kappa shape index (κ2) is 5.35. The first kappa shape index (κ1) is 15.0. The van der Waals surface area contributed by atoms with Crippen molar-refractivity contribution < 1.29 is 8.42 Å². The number of hydrogen-bond acceptors (Lipinski definition) is 6. The van der Waals surface area contributed by atoms with E-state index in [-0.39, 0.29) is 10.9 Å². The predicted molar refractivity (Wildman–Crippen MR) is 82.5 cm³/mol. The summed E-state index contributed by atoms with van der Waals surface area (Å²) in [7, 11) is -3.31. The van der Waals surface area contributed by atoms with Crippen molar-refractivity contribution in [1.29, 1.82) is 0 Å². The lowest BCUT2D eigenvalue weighted by molar-refractivity contribution is 0.596. The summed E-state index contributed by atoms with van der Waals surface area (Å²) in [6.07, 6.45) is 4.39. The molecular formula is C14H19N5O2S. The van der Waals surface area contributed by atoms with Crippen molar-refractivity contribution in [3.05, 3.63) is 29.3 Å². The number of hydrogen-bond donors (Lipinski definition) is 1. The summed E-state index contributed by atoms with van der Waals surface area (Å²) in [5.74, 6) is 0.647. The maximum Gasteiger partial charge on any atom is 0.226 e. The van der Waals surface area contributed by atoms with Crippen LogP contribution in [0.2, 0.25) is 0 Å². The third-order valence-electron chi connectivity index (χ3n) is 3.85. The first-order valence-electron chi connectivity index (χ1n) is 7.18. The molecule has 0 radical (unpaired) electrons. The van der Waals surface area contributed by atoms with Gasteiger partial charge in [-0.15, -0.1) is 0 Å². The molecule has 2 aromatic heterocycles. The molecule has 2 aromatic rings. The normalized spacial score (nSPS) is 18.9. The van der Waals surface area contributed by atoms with Crippen LogP contribution >= 0.6 is 0 Å². The summed E-state index contributed by atoms with van der Waals surface area (Å²) in [4.78, 5) is 11.3. The van der Waals surface area contributed by atoms with E-state index in [1.807, 2.05) is 19.9 Å². The zero-order valence-electron chi connectivity index (χ0n) is 12.9. The molecule has 1 fully saturated rings. The zero-order valence-corrected chi connectivity index (χ0v) is 13.7. The molecule has 1 atom stereocenters. The van der Waals surface area contributed by atoms with Crippen LogP contribution in [0, 0.1) is 13.8 Å². The van der Waals surface area contributed by atoms with Gasteiger partial charge in [-0.2, -0.15) is 5.10 Å². The van der Waals surface area contributed by atoms with Gasteiger partial charge in [0.2, 0.25) is 5.95 Å². The highest BCUT2D eigenvalue weighted by Crippen LogP contribution is 2.36. The Balaban J connectivity index is 2.03. The Morgan fingerprint density at radius 2 is 1.95 bits per heavy atom. The van der Waals surface area contributed by atoms with Gasteiger partial charge in [-0.25, -0.2) is 18.4 Å². The van der Waals surface area contributed by atoms with Gasteiger partial charge in [0, 0.05) is 24.2 Å². The van der Waals surface area contributed by atoms with Gasteiger partial charge in [0.05, 0.1) is 17.9 Å². The molecule has 8 heteroatoms. The van der Waals surface area contributed by atoms with Gasteiger partial charge < -0.3 is 4.90 Å². The molecule has 0 saturated carbocycles. The average Bonchev–Trinajstić information content (AvgIpc) is 3.05. The minimum atomic E-state index is -3.31. The number of sulfone groups is 1. The minimum absolute atomic E-state index is 0.0894. The van der Waals surface area contributed by atoms with Gasteiger partial charge in [-0.3, -0.25) is 5.10 Å². The Hall–Kier alpha value is -1.96. The van der Waals surface area contributed by atoms with Gasteiger partial charge >= 0.3 is 0 Å². The van der Waals surface area contributed by atoms with E-state index in [9.17, 15) is 8.42 Å². The minimum Gasteiger partial charge on any atom is -0.332 e. The van der Waals surface area contributed by atoms with Gasteiger partial charge in [0.1, 0.15) is 4.90 Å². The molecule has 0 spiro atoms. The summed E-state index contributed by atoms with van der Waals surface area (Å²) in [6.45, 7) is 4.67. The summed E-state index contributed by atoms with van der Waals surface area (Å²) in [6, 6.07) is 1.83. The average molecular weight is 321 g/mol. The molecule has 3 heterocycles. The van der Waals surface area contributed by atoms with Crippen molar-refractivity contribution >= 4 is 15.8 Å². The zero-order chi connectivity index (χ0) is 15.9. The molecule has 1 N–H and O–H groups in total. The van der Waals surface area contributed by atoms with Crippen molar-refractivity contribution in [3.8, 4) is 0 Å². The molecule has 1 aliphatic heterocycles. The lowest BCUT2D eigenvalue weighted by atomic mass is 10.1. The van der Waals surface area contributed by atoms with E-state index in [2.05, 4.69) is 25.1 Å². The Morgan fingerprint density at radius 3 is 2.59 bits per heavy atom. The Bertz CT molecular complexity index is 779. The number of rotatable bonds is 3. The molecule has 1 aliphatic rings. The lowest BCUT2D eigenvalue weighted by Gasteiger charge is -2.24. The highest BCUT2D eigenvalue weighted by atomic mass is 32.2. The molecule has 0 bridgehead atoms. The van der Waals surface area contributed by atoms with Gasteiger partial charge in [-0.05, 0) is 32.8 Å².